The molecule has 1 saturated heterocycles. The average Bonchev–Trinajstić information content (AvgIpc) is 2.46. The van der Waals surface area contributed by atoms with Crippen molar-refractivity contribution in [2.75, 3.05) is 33.4 Å². The Morgan fingerprint density at radius 1 is 1.09 bits per heavy atom. The summed E-state index contributed by atoms with van der Waals surface area (Å²) in [6.07, 6.45) is 4.21. The lowest BCUT2D eigenvalue weighted by atomic mass is 9.67. The van der Waals surface area contributed by atoms with E-state index >= 15 is 0 Å². The summed E-state index contributed by atoms with van der Waals surface area (Å²) in [7, 11) is 1.72. The van der Waals surface area contributed by atoms with Crippen LogP contribution in [0.25, 0.3) is 0 Å². The number of hydrogen-bond acceptors (Lipinski definition) is 3. The molecular weight excluding hydrogens is 298 g/mol. The van der Waals surface area contributed by atoms with Gasteiger partial charge in [0.25, 0.3) is 5.92 Å². The fourth-order valence-corrected chi connectivity index (χ4v) is 4.18. The zero-order chi connectivity index (χ0) is 17.3. The molecule has 0 aromatic rings. The van der Waals surface area contributed by atoms with Crippen molar-refractivity contribution in [3.63, 3.8) is 0 Å². The molecule has 1 saturated carbocycles. The van der Waals surface area contributed by atoms with E-state index in [4.69, 9.17) is 4.74 Å². The molecule has 1 heterocycles. The molecule has 4 unspecified atom stereocenters. The Kier molecular flexibility index (Phi) is 5.74. The lowest BCUT2D eigenvalue weighted by Gasteiger charge is -2.55. The first kappa shape index (κ1) is 19.1. The topological polar surface area (TPSA) is 24.5 Å². The van der Waals surface area contributed by atoms with Crippen LogP contribution in [0.15, 0.2) is 0 Å². The van der Waals surface area contributed by atoms with Gasteiger partial charge in [0.1, 0.15) is 0 Å². The summed E-state index contributed by atoms with van der Waals surface area (Å²) in [5.74, 6) is -1.47. The number of nitrogens with one attached hydrogen (secondary N) is 1. The van der Waals surface area contributed by atoms with E-state index in [1.165, 1.54) is 0 Å². The molecule has 5 heteroatoms. The van der Waals surface area contributed by atoms with Gasteiger partial charge in [0.2, 0.25) is 0 Å². The Morgan fingerprint density at radius 3 is 2.26 bits per heavy atom. The second kappa shape index (κ2) is 6.93. The van der Waals surface area contributed by atoms with Crippen LogP contribution in [0.2, 0.25) is 0 Å². The van der Waals surface area contributed by atoms with E-state index in [9.17, 15) is 8.78 Å². The second-order valence-corrected chi connectivity index (χ2v) is 8.29. The zero-order valence-corrected chi connectivity index (χ0v) is 15.4. The van der Waals surface area contributed by atoms with Crippen LogP contribution in [0.1, 0.15) is 53.4 Å². The maximum Gasteiger partial charge on any atom is 0.272 e. The monoisotopic (exact) mass is 332 g/mol. The second-order valence-electron chi connectivity index (χ2n) is 8.29. The van der Waals surface area contributed by atoms with Gasteiger partial charge in [0, 0.05) is 24.7 Å². The molecule has 1 aliphatic heterocycles. The van der Waals surface area contributed by atoms with E-state index in [-0.39, 0.29) is 24.2 Å². The van der Waals surface area contributed by atoms with Crippen molar-refractivity contribution < 1.29 is 13.5 Å². The fourth-order valence-electron chi connectivity index (χ4n) is 4.18. The lowest BCUT2D eigenvalue weighted by molar-refractivity contribution is -0.181. The van der Waals surface area contributed by atoms with Crippen molar-refractivity contribution in [1.82, 2.24) is 10.2 Å². The van der Waals surface area contributed by atoms with E-state index in [0.717, 1.165) is 32.2 Å². The average molecular weight is 332 g/mol. The minimum atomic E-state index is -2.49. The predicted octanol–water partition coefficient (Wildman–Crippen LogP) is 3.54. The molecule has 1 N–H and O–H groups in total. The Hall–Kier alpha value is -0.260. The number of likely N-dealkylation sites (tertiary alicyclic amines) is 1. The van der Waals surface area contributed by atoms with Crippen LogP contribution >= 0.6 is 0 Å². The van der Waals surface area contributed by atoms with Crippen molar-refractivity contribution in [2.24, 2.45) is 11.8 Å². The summed E-state index contributed by atoms with van der Waals surface area (Å²) in [6, 6.07) is 0. The highest BCUT2D eigenvalue weighted by Crippen LogP contribution is 2.45. The number of nitrogens with zero attached hydrogens (tertiary/aromatic N) is 1. The minimum Gasteiger partial charge on any atom is -0.383 e. The van der Waals surface area contributed by atoms with Gasteiger partial charge in [-0.25, -0.2) is 8.78 Å². The molecule has 0 spiro atoms. The number of hydrogen-bond donors (Lipinski definition) is 1. The van der Waals surface area contributed by atoms with Crippen LogP contribution in [-0.4, -0.2) is 55.3 Å². The van der Waals surface area contributed by atoms with Crippen LogP contribution < -0.4 is 5.32 Å². The first-order valence-corrected chi connectivity index (χ1v) is 9.00. The molecule has 0 aromatic carbocycles. The van der Waals surface area contributed by atoms with E-state index in [0.29, 0.717) is 18.4 Å². The Labute approximate surface area is 140 Å². The Morgan fingerprint density at radius 2 is 1.70 bits per heavy atom. The molecule has 23 heavy (non-hydrogen) atoms. The molecule has 136 valence electrons. The van der Waals surface area contributed by atoms with Gasteiger partial charge in [0.15, 0.2) is 0 Å². The van der Waals surface area contributed by atoms with Gasteiger partial charge >= 0.3 is 0 Å². The van der Waals surface area contributed by atoms with Crippen molar-refractivity contribution in [2.45, 2.75) is 70.4 Å². The van der Waals surface area contributed by atoms with Crippen LogP contribution in [0.5, 0.6) is 0 Å². The van der Waals surface area contributed by atoms with E-state index < -0.39 is 5.92 Å². The number of methoxy groups -OCH3 is 1. The first-order chi connectivity index (χ1) is 10.6. The highest BCUT2D eigenvalue weighted by atomic mass is 19.3. The van der Waals surface area contributed by atoms with Crippen molar-refractivity contribution in [3.05, 3.63) is 0 Å². The standard InChI is InChI=1S/C18H34F2N2O/c1-14-6-7-15(2)17(4,22-12-18(19,20)13-22)9-8-16(14,3)21-10-11-23-5/h14-15,21H,6-13H2,1-5H3. The van der Waals surface area contributed by atoms with Crippen molar-refractivity contribution >= 4 is 0 Å². The summed E-state index contributed by atoms with van der Waals surface area (Å²) in [5, 5.41) is 3.67. The van der Waals surface area contributed by atoms with Gasteiger partial charge < -0.3 is 10.1 Å². The highest BCUT2D eigenvalue weighted by molar-refractivity contribution is 5.04. The molecule has 0 radical (unpaired) electrons. The number of rotatable bonds is 5. The van der Waals surface area contributed by atoms with Crippen LogP contribution in [0.3, 0.4) is 0 Å². The lowest BCUT2D eigenvalue weighted by Crippen LogP contribution is -2.67. The molecule has 3 nitrogen and oxygen atoms in total. The third kappa shape index (κ3) is 4.05. The minimum absolute atomic E-state index is 0.0489. The van der Waals surface area contributed by atoms with E-state index in [1.807, 2.05) is 4.90 Å². The van der Waals surface area contributed by atoms with Gasteiger partial charge in [-0.3, -0.25) is 4.90 Å². The molecule has 2 rings (SSSR count). The van der Waals surface area contributed by atoms with E-state index in [2.05, 4.69) is 33.0 Å². The zero-order valence-electron chi connectivity index (χ0n) is 15.4. The normalized spacial score (nSPS) is 41.9. The van der Waals surface area contributed by atoms with Gasteiger partial charge in [-0.15, -0.1) is 0 Å². The molecule has 1 aliphatic carbocycles. The summed E-state index contributed by atoms with van der Waals surface area (Å²) in [5.41, 5.74) is -0.0701. The van der Waals surface area contributed by atoms with E-state index in [1.54, 1.807) is 7.11 Å². The highest BCUT2D eigenvalue weighted by Gasteiger charge is 2.53. The van der Waals surface area contributed by atoms with Crippen LogP contribution in [0.4, 0.5) is 8.78 Å². The Balaban J connectivity index is 2.06. The third-order valence-electron chi connectivity index (χ3n) is 6.73. The molecular formula is C18H34F2N2O. The quantitative estimate of drug-likeness (QED) is 0.780. The van der Waals surface area contributed by atoms with Crippen LogP contribution in [0, 0.1) is 11.8 Å². The SMILES string of the molecule is COCCNC1(C)CCC(C)(N2CC(F)(F)C2)C(C)CCC1C. The number of ether oxygens (including phenoxy) is 1. The molecule has 0 bridgehead atoms. The molecule has 0 aromatic heterocycles. The smallest absolute Gasteiger partial charge is 0.272 e. The van der Waals surface area contributed by atoms with Gasteiger partial charge in [-0.05, 0) is 51.4 Å². The summed E-state index contributed by atoms with van der Waals surface area (Å²) in [6.45, 7) is 10.4. The third-order valence-corrected chi connectivity index (χ3v) is 6.73. The summed E-state index contributed by atoms with van der Waals surface area (Å²) >= 11 is 0. The molecule has 4 atom stereocenters. The molecule has 2 aliphatic rings. The fraction of sp³-hybridized carbons (Fsp3) is 1.00. The molecule has 2 fully saturated rings. The number of alkyl halides is 2. The Bertz CT molecular complexity index is 398. The summed E-state index contributed by atoms with van der Waals surface area (Å²) < 4.78 is 31.9. The van der Waals surface area contributed by atoms with Gasteiger partial charge in [0.05, 0.1) is 19.7 Å². The maximum atomic E-state index is 13.4. The molecule has 0 amide bonds. The summed E-state index contributed by atoms with van der Waals surface area (Å²) in [4.78, 5) is 2.02. The maximum absolute atomic E-state index is 13.4. The predicted molar refractivity (Wildman–Crippen MR) is 90.0 cm³/mol. The number of halogens is 2. The largest absolute Gasteiger partial charge is 0.383 e. The van der Waals surface area contributed by atoms with Gasteiger partial charge in [-0.2, -0.15) is 0 Å². The van der Waals surface area contributed by atoms with Gasteiger partial charge in [-0.1, -0.05) is 13.8 Å². The first-order valence-electron chi connectivity index (χ1n) is 9.00. The van der Waals surface area contributed by atoms with Crippen LogP contribution in [-0.2, 0) is 4.74 Å². The van der Waals surface area contributed by atoms with Crippen molar-refractivity contribution in [1.29, 1.82) is 0 Å². The van der Waals surface area contributed by atoms with Crippen molar-refractivity contribution in [3.8, 4) is 0 Å².